The fourth-order valence-electron chi connectivity index (χ4n) is 2.12. The molecule has 0 amide bonds. The zero-order valence-electron chi connectivity index (χ0n) is 13.6. The number of alkyl halides is 3. The van der Waals surface area contributed by atoms with Crippen LogP contribution in [0, 0.1) is 5.82 Å². The van der Waals surface area contributed by atoms with Gasteiger partial charge >= 0.3 is 12.1 Å². The molecule has 0 N–H and O–H groups in total. The second-order valence-corrected chi connectivity index (χ2v) is 7.47. The number of esters is 1. The Hall–Kier alpha value is -2.33. The SMILES string of the molecule is COC(=O)CN(c1ccc(Cl)c(C(F)(F)F)c1)S(=O)(=O)c1ccc(F)cc1. The first-order valence-corrected chi connectivity index (χ1v) is 9.00. The van der Waals surface area contributed by atoms with E-state index in [1.165, 1.54) is 0 Å². The summed E-state index contributed by atoms with van der Waals surface area (Å²) in [6, 6.07) is 5.97. The molecule has 0 aliphatic carbocycles. The lowest BCUT2D eigenvalue weighted by molar-refractivity contribution is -0.138. The largest absolute Gasteiger partial charge is 0.468 e. The molecule has 11 heteroatoms. The predicted octanol–water partition coefficient (Wildman–Crippen LogP) is 3.87. The van der Waals surface area contributed by atoms with Gasteiger partial charge in [0.25, 0.3) is 10.0 Å². The fourth-order valence-corrected chi connectivity index (χ4v) is 3.74. The molecule has 0 saturated heterocycles. The number of anilines is 1. The second kappa shape index (κ2) is 7.73. The minimum absolute atomic E-state index is 0.420. The molecule has 146 valence electrons. The number of methoxy groups -OCH3 is 1. The first-order valence-electron chi connectivity index (χ1n) is 7.18. The molecule has 0 fully saturated rings. The third-order valence-corrected chi connectivity index (χ3v) is 5.56. The average Bonchev–Trinajstić information content (AvgIpc) is 2.59. The second-order valence-electron chi connectivity index (χ2n) is 5.20. The average molecular weight is 426 g/mol. The number of benzene rings is 2. The van der Waals surface area contributed by atoms with Crippen molar-refractivity contribution in [1.82, 2.24) is 0 Å². The number of hydrogen-bond donors (Lipinski definition) is 0. The van der Waals surface area contributed by atoms with E-state index in [-0.39, 0.29) is 0 Å². The van der Waals surface area contributed by atoms with Gasteiger partial charge in [0, 0.05) is 0 Å². The number of sulfonamides is 1. The van der Waals surface area contributed by atoms with Crippen molar-refractivity contribution in [2.75, 3.05) is 18.0 Å². The van der Waals surface area contributed by atoms with E-state index >= 15 is 0 Å². The molecule has 0 aromatic heterocycles. The van der Waals surface area contributed by atoms with Crippen LogP contribution in [-0.2, 0) is 25.7 Å². The first-order chi connectivity index (χ1) is 12.5. The molecule has 0 atom stereocenters. The number of hydrogen-bond acceptors (Lipinski definition) is 4. The van der Waals surface area contributed by atoms with E-state index in [1.807, 2.05) is 0 Å². The Kier molecular flexibility index (Phi) is 6.01. The smallest absolute Gasteiger partial charge is 0.417 e. The van der Waals surface area contributed by atoms with E-state index < -0.39 is 55.7 Å². The molecular weight excluding hydrogens is 414 g/mol. The lowest BCUT2D eigenvalue weighted by atomic mass is 10.2. The Morgan fingerprint density at radius 1 is 1.15 bits per heavy atom. The number of nitrogens with zero attached hydrogens (tertiary/aromatic N) is 1. The maximum atomic E-state index is 13.1. The maximum absolute atomic E-state index is 13.1. The van der Waals surface area contributed by atoms with Crippen molar-refractivity contribution in [3.8, 4) is 0 Å². The molecule has 0 heterocycles. The van der Waals surface area contributed by atoms with E-state index in [9.17, 15) is 30.8 Å². The number of carbonyl (C=O) groups excluding carboxylic acids is 1. The van der Waals surface area contributed by atoms with Gasteiger partial charge in [-0.3, -0.25) is 9.10 Å². The molecule has 2 aromatic carbocycles. The van der Waals surface area contributed by atoms with Gasteiger partial charge in [0.05, 0.1) is 28.3 Å². The number of ether oxygens (including phenoxy) is 1. The van der Waals surface area contributed by atoms with Gasteiger partial charge in [0.2, 0.25) is 0 Å². The monoisotopic (exact) mass is 425 g/mol. The highest BCUT2D eigenvalue weighted by molar-refractivity contribution is 7.92. The normalized spacial score (nSPS) is 11.9. The molecule has 2 rings (SSSR count). The van der Waals surface area contributed by atoms with Crippen molar-refractivity contribution in [3.05, 3.63) is 58.9 Å². The molecular formula is C16H12ClF4NO4S. The highest BCUT2D eigenvalue weighted by Gasteiger charge is 2.35. The predicted molar refractivity (Wildman–Crippen MR) is 89.4 cm³/mol. The summed E-state index contributed by atoms with van der Waals surface area (Å²) < 4.78 is 82.9. The van der Waals surface area contributed by atoms with Gasteiger partial charge in [-0.05, 0) is 42.5 Å². The summed E-state index contributed by atoms with van der Waals surface area (Å²) in [4.78, 5) is 11.2. The van der Waals surface area contributed by atoms with E-state index in [4.69, 9.17) is 11.6 Å². The molecule has 0 saturated carbocycles. The van der Waals surface area contributed by atoms with Gasteiger partial charge < -0.3 is 4.74 Å². The summed E-state index contributed by atoms with van der Waals surface area (Å²) in [6.45, 7) is -0.894. The Morgan fingerprint density at radius 2 is 1.74 bits per heavy atom. The molecule has 0 aliphatic rings. The Morgan fingerprint density at radius 3 is 2.26 bits per heavy atom. The summed E-state index contributed by atoms with van der Waals surface area (Å²) in [5.41, 5.74) is -1.73. The maximum Gasteiger partial charge on any atom is 0.417 e. The number of halogens is 5. The molecule has 0 unspecified atom stereocenters. The minimum atomic E-state index is -4.84. The van der Waals surface area contributed by atoms with Crippen LogP contribution in [0.25, 0.3) is 0 Å². The Labute approximate surface area is 157 Å². The van der Waals surface area contributed by atoms with E-state index in [2.05, 4.69) is 4.74 Å². The third-order valence-electron chi connectivity index (χ3n) is 3.45. The first kappa shape index (κ1) is 21.0. The van der Waals surface area contributed by atoms with E-state index in [1.54, 1.807) is 0 Å². The molecule has 5 nitrogen and oxygen atoms in total. The minimum Gasteiger partial charge on any atom is -0.468 e. The van der Waals surface area contributed by atoms with Gasteiger partial charge in [-0.15, -0.1) is 0 Å². The molecule has 2 aromatic rings. The van der Waals surface area contributed by atoms with Gasteiger partial charge in [-0.25, -0.2) is 12.8 Å². The number of carbonyl (C=O) groups is 1. The van der Waals surface area contributed by atoms with Crippen LogP contribution in [0.5, 0.6) is 0 Å². The number of rotatable bonds is 5. The van der Waals surface area contributed by atoms with Gasteiger partial charge in [-0.2, -0.15) is 13.2 Å². The van der Waals surface area contributed by atoms with Crippen LogP contribution in [0.1, 0.15) is 5.56 Å². The highest BCUT2D eigenvalue weighted by Crippen LogP contribution is 2.38. The van der Waals surface area contributed by atoms with Crippen molar-refractivity contribution in [2.45, 2.75) is 11.1 Å². The third kappa shape index (κ3) is 4.69. The zero-order chi connectivity index (χ0) is 20.4. The summed E-state index contributed by atoms with van der Waals surface area (Å²) >= 11 is 5.55. The van der Waals surface area contributed by atoms with E-state index in [0.717, 1.165) is 43.5 Å². The molecule has 0 radical (unpaired) electrons. The Bertz CT molecular complexity index is 946. The quantitative estimate of drug-likeness (QED) is 0.539. The lowest BCUT2D eigenvalue weighted by Crippen LogP contribution is -2.36. The molecule has 0 aliphatic heterocycles. The van der Waals surface area contributed by atoms with Crippen LogP contribution < -0.4 is 4.31 Å². The van der Waals surface area contributed by atoms with E-state index in [0.29, 0.717) is 10.4 Å². The van der Waals surface area contributed by atoms with Crippen LogP contribution in [0.15, 0.2) is 47.4 Å². The van der Waals surface area contributed by atoms with Crippen LogP contribution >= 0.6 is 11.6 Å². The summed E-state index contributed by atoms with van der Waals surface area (Å²) in [7, 11) is -3.50. The van der Waals surface area contributed by atoms with Crippen LogP contribution in [0.3, 0.4) is 0 Å². The van der Waals surface area contributed by atoms with Crippen molar-refractivity contribution in [1.29, 1.82) is 0 Å². The standard InChI is InChI=1S/C16H12ClF4NO4S/c1-26-15(23)9-22(27(24,25)12-5-2-10(18)3-6-12)11-4-7-14(17)13(8-11)16(19,20)21/h2-8H,9H2,1H3. The lowest BCUT2D eigenvalue weighted by Gasteiger charge is -2.24. The van der Waals surface area contributed by atoms with Crippen LogP contribution in [-0.4, -0.2) is 28.0 Å². The van der Waals surface area contributed by atoms with Crippen molar-refractivity contribution >= 4 is 33.3 Å². The highest BCUT2D eigenvalue weighted by atomic mass is 35.5. The van der Waals surface area contributed by atoms with Crippen LogP contribution in [0.2, 0.25) is 5.02 Å². The Balaban J connectivity index is 2.62. The van der Waals surface area contributed by atoms with Crippen molar-refractivity contribution in [3.63, 3.8) is 0 Å². The zero-order valence-corrected chi connectivity index (χ0v) is 15.2. The van der Waals surface area contributed by atoms with Crippen LogP contribution in [0.4, 0.5) is 23.2 Å². The van der Waals surface area contributed by atoms with Crippen molar-refractivity contribution in [2.24, 2.45) is 0 Å². The van der Waals surface area contributed by atoms with Gasteiger partial charge in [-0.1, -0.05) is 11.6 Å². The fraction of sp³-hybridized carbons (Fsp3) is 0.188. The summed E-state index contributed by atoms with van der Waals surface area (Å²) in [5, 5.41) is -0.636. The van der Waals surface area contributed by atoms with Crippen molar-refractivity contribution < 1.29 is 35.5 Å². The molecule has 0 bridgehead atoms. The molecule has 0 spiro atoms. The van der Waals surface area contributed by atoms with Gasteiger partial charge in [0.1, 0.15) is 12.4 Å². The summed E-state index contributed by atoms with van der Waals surface area (Å²) in [6.07, 6.45) is -4.84. The molecule has 27 heavy (non-hydrogen) atoms. The summed E-state index contributed by atoms with van der Waals surface area (Å²) in [5.74, 6) is -1.72. The van der Waals surface area contributed by atoms with Gasteiger partial charge in [0.15, 0.2) is 0 Å². The topological polar surface area (TPSA) is 63.7 Å².